The number of ether oxygens (including phenoxy) is 1. The van der Waals surface area contributed by atoms with Gasteiger partial charge in [0, 0.05) is 12.1 Å². The van der Waals surface area contributed by atoms with E-state index >= 15 is 0 Å². The Balaban J connectivity index is 1.65. The van der Waals surface area contributed by atoms with Crippen LogP contribution in [0.15, 0.2) is 83.8 Å². The summed E-state index contributed by atoms with van der Waals surface area (Å²) >= 11 is 0. The molecule has 0 fully saturated rings. The molecule has 1 N–H and O–H groups in total. The van der Waals surface area contributed by atoms with Gasteiger partial charge in [0.1, 0.15) is 11.5 Å². The van der Waals surface area contributed by atoms with E-state index in [4.69, 9.17) is 4.74 Å². The first-order chi connectivity index (χ1) is 13.4. The highest BCUT2D eigenvalue weighted by atomic mass is 32.2. The molecule has 3 aromatic carbocycles. The second kappa shape index (κ2) is 9.04. The summed E-state index contributed by atoms with van der Waals surface area (Å²) in [4.78, 5) is 0.198. The summed E-state index contributed by atoms with van der Waals surface area (Å²) in [5, 5.41) is 0. The molecule has 0 saturated carbocycles. The van der Waals surface area contributed by atoms with Crippen LogP contribution in [0, 0.1) is 6.92 Å². The van der Waals surface area contributed by atoms with Crippen molar-refractivity contribution in [2.45, 2.75) is 37.6 Å². The molecule has 0 heterocycles. The molecule has 28 heavy (non-hydrogen) atoms. The van der Waals surface area contributed by atoms with Crippen LogP contribution in [-0.4, -0.2) is 14.5 Å². The van der Waals surface area contributed by atoms with E-state index < -0.39 is 10.0 Å². The first-order valence-corrected chi connectivity index (χ1v) is 10.8. The van der Waals surface area contributed by atoms with Gasteiger partial charge in [-0.1, -0.05) is 54.1 Å². The molecule has 146 valence electrons. The summed E-state index contributed by atoms with van der Waals surface area (Å²) in [6.45, 7) is 3.88. The standard InChI is InChI=1S/C23H25NO3S/c1-18-11-15-21(16-12-18)27-22-9-6-10-23(17-22)28(25,26)24-19(2)13-14-20-7-4-3-5-8-20/h3-12,15-17,19,24H,13-14H2,1-2H3. The number of benzene rings is 3. The van der Waals surface area contributed by atoms with Crippen LogP contribution in [0.5, 0.6) is 11.5 Å². The van der Waals surface area contributed by atoms with Gasteiger partial charge in [0.25, 0.3) is 0 Å². The molecule has 4 nitrogen and oxygen atoms in total. The molecule has 0 amide bonds. The Bertz CT molecular complexity index is 1000. The lowest BCUT2D eigenvalue weighted by Crippen LogP contribution is -2.32. The molecule has 0 aliphatic carbocycles. The third-order valence-electron chi connectivity index (χ3n) is 4.44. The fraction of sp³-hybridized carbons (Fsp3) is 0.217. The zero-order valence-corrected chi connectivity index (χ0v) is 16.9. The molecule has 5 heteroatoms. The molecule has 3 aromatic rings. The largest absolute Gasteiger partial charge is 0.457 e. The van der Waals surface area contributed by atoms with Crippen LogP contribution in [-0.2, 0) is 16.4 Å². The first kappa shape index (κ1) is 20.1. The third kappa shape index (κ3) is 5.68. The van der Waals surface area contributed by atoms with Crippen molar-refractivity contribution in [3.63, 3.8) is 0 Å². The van der Waals surface area contributed by atoms with Gasteiger partial charge >= 0.3 is 0 Å². The number of hydrogen-bond donors (Lipinski definition) is 1. The third-order valence-corrected chi connectivity index (χ3v) is 6.02. The highest BCUT2D eigenvalue weighted by molar-refractivity contribution is 7.89. The van der Waals surface area contributed by atoms with Crippen molar-refractivity contribution in [3.05, 3.63) is 90.0 Å². The number of nitrogens with one attached hydrogen (secondary N) is 1. The zero-order valence-electron chi connectivity index (χ0n) is 16.1. The van der Waals surface area contributed by atoms with Crippen LogP contribution >= 0.6 is 0 Å². The zero-order chi connectivity index (χ0) is 20.0. The molecule has 1 atom stereocenters. The Morgan fingerprint density at radius 3 is 2.32 bits per heavy atom. The molecule has 0 saturated heterocycles. The second-order valence-electron chi connectivity index (χ2n) is 6.94. The normalized spacial score (nSPS) is 12.5. The highest BCUT2D eigenvalue weighted by Gasteiger charge is 2.18. The van der Waals surface area contributed by atoms with Crippen LogP contribution < -0.4 is 9.46 Å². The summed E-state index contributed by atoms with van der Waals surface area (Å²) in [6, 6.07) is 24.1. The van der Waals surface area contributed by atoms with Gasteiger partial charge in [-0.25, -0.2) is 13.1 Å². The lowest BCUT2D eigenvalue weighted by Gasteiger charge is -2.15. The predicted molar refractivity (Wildman–Crippen MR) is 112 cm³/mol. The molecule has 0 aromatic heterocycles. The molecule has 0 spiro atoms. The van der Waals surface area contributed by atoms with E-state index in [-0.39, 0.29) is 10.9 Å². The lowest BCUT2D eigenvalue weighted by atomic mass is 10.1. The van der Waals surface area contributed by atoms with Gasteiger partial charge in [0.15, 0.2) is 0 Å². The minimum atomic E-state index is -3.62. The van der Waals surface area contributed by atoms with Crippen molar-refractivity contribution in [1.82, 2.24) is 4.72 Å². The van der Waals surface area contributed by atoms with E-state index in [1.165, 1.54) is 5.56 Å². The van der Waals surface area contributed by atoms with Gasteiger partial charge < -0.3 is 4.74 Å². The topological polar surface area (TPSA) is 55.4 Å². The molecule has 0 aliphatic rings. The molecule has 0 bridgehead atoms. The van der Waals surface area contributed by atoms with Crippen molar-refractivity contribution in [3.8, 4) is 11.5 Å². The van der Waals surface area contributed by atoms with Gasteiger partial charge in [-0.05, 0) is 56.5 Å². The van der Waals surface area contributed by atoms with Gasteiger partial charge in [-0.2, -0.15) is 0 Å². The van der Waals surface area contributed by atoms with E-state index in [1.54, 1.807) is 24.3 Å². The smallest absolute Gasteiger partial charge is 0.240 e. The summed E-state index contributed by atoms with van der Waals surface area (Å²) in [6.07, 6.45) is 1.55. The van der Waals surface area contributed by atoms with E-state index in [0.717, 1.165) is 18.4 Å². The molecule has 3 rings (SSSR count). The quantitative estimate of drug-likeness (QED) is 0.578. The Morgan fingerprint density at radius 1 is 0.893 bits per heavy atom. The minimum Gasteiger partial charge on any atom is -0.457 e. The molecular formula is C23H25NO3S. The maximum atomic E-state index is 12.7. The maximum Gasteiger partial charge on any atom is 0.240 e. The SMILES string of the molecule is Cc1ccc(Oc2cccc(S(=O)(=O)NC(C)CCc3ccccc3)c2)cc1. The number of rotatable bonds is 8. The van der Waals surface area contributed by atoms with Gasteiger partial charge in [-0.3, -0.25) is 0 Å². The number of sulfonamides is 1. The van der Waals surface area contributed by atoms with Crippen molar-refractivity contribution >= 4 is 10.0 Å². The van der Waals surface area contributed by atoms with Crippen LogP contribution in [0.2, 0.25) is 0 Å². The average Bonchev–Trinajstić information content (AvgIpc) is 2.69. The van der Waals surface area contributed by atoms with Crippen LogP contribution in [0.4, 0.5) is 0 Å². The lowest BCUT2D eigenvalue weighted by molar-refractivity contribution is 0.480. The van der Waals surface area contributed by atoms with Gasteiger partial charge in [0.2, 0.25) is 10.0 Å². The van der Waals surface area contributed by atoms with Crippen molar-refractivity contribution in [1.29, 1.82) is 0 Å². The van der Waals surface area contributed by atoms with Crippen LogP contribution in [0.3, 0.4) is 0 Å². The van der Waals surface area contributed by atoms with Crippen molar-refractivity contribution < 1.29 is 13.2 Å². The monoisotopic (exact) mass is 395 g/mol. The fourth-order valence-corrected chi connectivity index (χ4v) is 4.18. The molecule has 0 aliphatic heterocycles. The van der Waals surface area contributed by atoms with E-state index in [1.807, 2.05) is 68.4 Å². The number of hydrogen-bond acceptors (Lipinski definition) is 3. The summed E-state index contributed by atoms with van der Waals surface area (Å²) in [5.74, 6) is 1.16. The van der Waals surface area contributed by atoms with Crippen molar-refractivity contribution in [2.75, 3.05) is 0 Å². The molecular weight excluding hydrogens is 370 g/mol. The van der Waals surface area contributed by atoms with E-state index in [2.05, 4.69) is 4.72 Å². The number of aryl methyl sites for hydroxylation is 2. The molecule has 1 unspecified atom stereocenters. The van der Waals surface area contributed by atoms with Crippen molar-refractivity contribution in [2.24, 2.45) is 0 Å². The Labute approximate surface area is 167 Å². The Morgan fingerprint density at radius 2 is 1.61 bits per heavy atom. The predicted octanol–water partition coefficient (Wildman–Crippen LogP) is 5.09. The summed E-state index contributed by atoms with van der Waals surface area (Å²) in [7, 11) is -3.62. The van der Waals surface area contributed by atoms with Crippen LogP contribution in [0.25, 0.3) is 0 Å². The van der Waals surface area contributed by atoms with E-state index in [0.29, 0.717) is 11.5 Å². The van der Waals surface area contributed by atoms with Gasteiger partial charge in [0.05, 0.1) is 4.90 Å². The first-order valence-electron chi connectivity index (χ1n) is 9.33. The summed E-state index contributed by atoms with van der Waals surface area (Å²) in [5.41, 5.74) is 2.33. The average molecular weight is 396 g/mol. The maximum absolute atomic E-state index is 12.7. The molecule has 0 radical (unpaired) electrons. The van der Waals surface area contributed by atoms with Gasteiger partial charge in [-0.15, -0.1) is 0 Å². The highest BCUT2D eigenvalue weighted by Crippen LogP contribution is 2.24. The minimum absolute atomic E-state index is 0.174. The second-order valence-corrected chi connectivity index (χ2v) is 8.65. The Kier molecular flexibility index (Phi) is 6.49. The van der Waals surface area contributed by atoms with Crippen LogP contribution in [0.1, 0.15) is 24.5 Å². The summed E-state index contributed by atoms with van der Waals surface area (Å²) < 4.78 is 34.0. The fourth-order valence-electron chi connectivity index (χ4n) is 2.87. The van der Waals surface area contributed by atoms with E-state index in [9.17, 15) is 8.42 Å². The Hall–Kier alpha value is -2.63.